The molecule has 2 amide bonds. The number of rotatable bonds is 2. The van der Waals surface area contributed by atoms with Crippen LogP contribution in [-0.2, 0) is 4.79 Å². The number of likely N-dealkylation sites (N-methyl/N-ethyl adjacent to an activating group) is 1. The molecule has 4 rings (SSSR count). The van der Waals surface area contributed by atoms with Crippen LogP contribution >= 0.6 is 0 Å². The van der Waals surface area contributed by atoms with E-state index in [0.717, 1.165) is 11.6 Å². The van der Waals surface area contributed by atoms with Gasteiger partial charge in [0.2, 0.25) is 11.9 Å². The van der Waals surface area contributed by atoms with E-state index < -0.39 is 11.4 Å². The molecule has 0 radical (unpaired) electrons. The maximum absolute atomic E-state index is 13.4. The molecule has 134 valence electrons. The van der Waals surface area contributed by atoms with E-state index in [-0.39, 0.29) is 23.3 Å². The molecule has 3 heterocycles. The van der Waals surface area contributed by atoms with E-state index in [0.29, 0.717) is 26.1 Å². The Balaban J connectivity index is 1.64. The number of carbonyl (C=O) groups is 2. The summed E-state index contributed by atoms with van der Waals surface area (Å²) < 4.78 is 13.4. The molecule has 5 nitrogen and oxygen atoms in total. The molecule has 0 N–H and O–H groups in total. The zero-order valence-electron chi connectivity index (χ0n) is 14.6. The molecule has 6 heteroatoms. The van der Waals surface area contributed by atoms with E-state index in [1.165, 1.54) is 12.3 Å². The predicted octanol–water partition coefficient (Wildman–Crippen LogP) is 2.31. The fraction of sp³-hybridized carbons (Fsp3) is 0.350. The molecule has 1 aromatic carbocycles. The Morgan fingerprint density at radius 2 is 2.04 bits per heavy atom. The van der Waals surface area contributed by atoms with Crippen LogP contribution < -0.4 is 0 Å². The summed E-state index contributed by atoms with van der Waals surface area (Å²) in [5, 5.41) is 0. The van der Waals surface area contributed by atoms with Gasteiger partial charge in [0.1, 0.15) is 0 Å². The summed E-state index contributed by atoms with van der Waals surface area (Å²) in [7, 11) is 1.82. The number of hydrogen-bond acceptors (Lipinski definition) is 3. The van der Waals surface area contributed by atoms with Gasteiger partial charge in [0.05, 0.1) is 5.41 Å². The smallest absolute Gasteiger partial charge is 0.254 e. The molecule has 1 aromatic heterocycles. The first-order chi connectivity index (χ1) is 12.5. The lowest BCUT2D eigenvalue weighted by atomic mass is 9.73. The summed E-state index contributed by atoms with van der Waals surface area (Å²) in [4.78, 5) is 32.7. The van der Waals surface area contributed by atoms with Gasteiger partial charge in [-0.3, -0.25) is 9.59 Å². The van der Waals surface area contributed by atoms with Crippen LogP contribution in [0.2, 0.25) is 0 Å². The van der Waals surface area contributed by atoms with Crippen LogP contribution in [0.3, 0.4) is 0 Å². The van der Waals surface area contributed by atoms with Crippen LogP contribution in [-0.4, -0.2) is 53.3 Å². The summed E-state index contributed by atoms with van der Waals surface area (Å²) in [6.45, 7) is 1.50. The van der Waals surface area contributed by atoms with Gasteiger partial charge in [-0.2, -0.15) is 4.39 Å². The summed E-state index contributed by atoms with van der Waals surface area (Å²) in [5.74, 6) is -0.795. The Morgan fingerprint density at radius 1 is 1.27 bits per heavy atom. The number of halogens is 1. The molecule has 2 aliphatic rings. The maximum atomic E-state index is 13.4. The van der Waals surface area contributed by atoms with Gasteiger partial charge in [0.15, 0.2) is 0 Å². The quantitative estimate of drug-likeness (QED) is 0.779. The lowest BCUT2D eigenvalue weighted by Crippen LogP contribution is -2.39. The highest BCUT2D eigenvalue weighted by atomic mass is 19.1. The Bertz CT molecular complexity index is 857. The highest BCUT2D eigenvalue weighted by Crippen LogP contribution is 2.49. The summed E-state index contributed by atoms with van der Waals surface area (Å²) in [5.41, 5.74) is 0.788. The number of amides is 2. The highest BCUT2D eigenvalue weighted by molar-refractivity contribution is 5.96. The number of likely N-dealkylation sites (tertiary alicyclic amines) is 2. The molecular formula is C20H20FN3O2. The lowest BCUT2D eigenvalue weighted by molar-refractivity contribution is -0.134. The standard InChI is InChI=1S/C20H20FN3O2/c1-23-12-16(14-5-3-2-4-6-14)20(19(23)26)8-10-24(13-20)18(25)15-7-9-22-17(21)11-15/h2-7,9,11,16H,8,10,12-13H2,1H3. The van der Waals surface area contributed by atoms with Crippen LogP contribution in [0.4, 0.5) is 4.39 Å². The Kier molecular flexibility index (Phi) is 3.98. The molecule has 2 atom stereocenters. The largest absolute Gasteiger partial charge is 0.345 e. The second-order valence-corrected chi connectivity index (χ2v) is 7.15. The molecule has 2 aliphatic heterocycles. The molecular weight excluding hydrogens is 333 g/mol. The van der Waals surface area contributed by atoms with Crippen molar-refractivity contribution in [3.63, 3.8) is 0 Å². The second-order valence-electron chi connectivity index (χ2n) is 7.15. The molecule has 26 heavy (non-hydrogen) atoms. The van der Waals surface area contributed by atoms with Crippen molar-refractivity contribution in [3.05, 3.63) is 65.7 Å². The van der Waals surface area contributed by atoms with Crippen LogP contribution in [0.5, 0.6) is 0 Å². The van der Waals surface area contributed by atoms with E-state index in [2.05, 4.69) is 4.98 Å². The van der Waals surface area contributed by atoms with E-state index in [1.807, 2.05) is 37.4 Å². The van der Waals surface area contributed by atoms with Crippen LogP contribution in [0, 0.1) is 11.4 Å². The average molecular weight is 353 g/mol. The van der Waals surface area contributed by atoms with Crippen molar-refractivity contribution in [2.45, 2.75) is 12.3 Å². The van der Waals surface area contributed by atoms with Gasteiger partial charge in [0, 0.05) is 50.4 Å². The first-order valence-electron chi connectivity index (χ1n) is 8.72. The fourth-order valence-corrected chi connectivity index (χ4v) is 4.35. The average Bonchev–Trinajstić information content (AvgIpc) is 3.20. The number of nitrogens with zero attached hydrogens (tertiary/aromatic N) is 3. The number of aromatic nitrogens is 1. The van der Waals surface area contributed by atoms with E-state index in [1.54, 1.807) is 9.80 Å². The fourth-order valence-electron chi connectivity index (χ4n) is 4.35. The molecule has 0 aliphatic carbocycles. The molecule has 2 aromatic rings. The Labute approximate surface area is 151 Å². The molecule has 1 spiro atoms. The van der Waals surface area contributed by atoms with Gasteiger partial charge in [-0.05, 0) is 18.1 Å². The van der Waals surface area contributed by atoms with Gasteiger partial charge >= 0.3 is 0 Å². The van der Waals surface area contributed by atoms with Crippen molar-refractivity contribution in [1.29, 1.82) is 0 Å². The van der Waals surface area contributed by atoms with Crippen molar-refractivity contribution in [1.82, 2.24) is 14.8 Å². The van der Waals surface area contributed by atoms with Crippen molar-refractivity contribution < 1.29 is 14.0 Å². The monoisotopic (exact) mass is 353 g/mol. The van der Waals surface area contributed by atoms with Gasteiger partial charge in [-0.25, -0.2) is 4.98 Å². The minimum Gasteiger partial charge on any atom is -0.345 e. The highest BCUT2D eigenvalue weighted by Gasteiger charge is 2.57. The van der Waals surface area contributed by atoms with Crippen molar-refractivity contribution in [3.8, 4) is 0 Å². The topological polar surface area (TPSA) is 53.5 Å². The van der Waals surface area contributed by atoms with Crippen LogP contribution in [0.15, 0.2) is 48.7 Å². The summed E-state index contributed by atoms with van der Waals surface area (Å²) in [6.07, 6.45) is 1.91. The van der Waals surface area contributed by atoms with E-state index >= 15 is 0 Å². The predicted molar refractivity (Wildman–Crippen MR) is 94.0 cm³/mol. The van der Waals surface area contributed by atoms with Gasteiger partial charge in [-0.1, -0.05) is 30.3 Å². The van der Waals surface area contributed by atoms with Gasteiger partial charge in [0.25, 0.3) is 5.91 Å². The first kappa shape index (κ1) is 16.7. The molecule has 2 unspecified atom stereocenters. The summed E-state index contributed by atoms with van der Waals surface area (Å²) in [6, 6.07) is 12.6. The van der Waals surface area contributed by atoms with Gasteiger partial charge in [-0.15, -0.1) is 0 Å². The molecule has 2 fully saturated rings. The third-order valence-corrected chi connectivity index (χ3v) is 5.66. The van der Waals surface area contributed by atoms with Crippen molar-refractivity contribution >= 4 is 11.8 Å². The number of carbonyl (C=O) groups excluding carboxylic acids is 2. The minimum absolute atomic E-state index is 0.0492. The van der Waals surface area contributed by atoms with Crippen LogP contribution in [0.1, 0.15) is 28.3 Å². The SMILES string of the molecule is CN1CC(c2ccccc2)C2(CCN(C(=O)c3ccnc(F)c3)C2)C1=O. The Morgan fingerprint density at radius 3 is 2.77 bits per heavy atom. The van der Waals surface area contributed by atoms with E-state index in [9.17, 15) is 14.0 Å². The summed E-state index contributed by atoms with van der Waals surface area (Å²) >= 11 is 0. The van der Waals surface area contributed by atoms with Crippen molar-refractivity contribution in [2.24, 2.45) is 5.41 Å². The van der Waals surface area contributed by atoms with Crippen LogP contribution in [0.25, 0.3) is 0 Å². The first-order valence-corrected chi connectivity index (χ1v) is 8.72. The van der Waals surface area contributed by atoms with Crippen molar-refractivity contribution in [2.75, 3.05) is 26.7 Å². The third-order valence-electron chi connectivity index (χ3n) is 5.66. The third kappa shape index (κ3) is 2.57. The number of benzene rings is 1. The normalized spacial score (nSPS) is 25.3. The maximum Gasteiger partial charge on any atom is 0.254 e. The minimum atomic E-state index is -0.677. The lowest BCUT2D eigenvalue weighted by Gasteiger charge is -2.28. The second kappa shape index (κ2) is 6.20. The molecule has 2 saturated heterocycles. The Hall–Kier alpha value is -2.76. The number of pyridine rings is 1. The zero-order chi connectivity index (χ0) is 18.3. The molecule has 0 bridgehead atoms. The number of hydrogen-bond donors (Lipinski definition) is 0. The van der Waals surface area contributed by atoms with E-state index in [4.69, 9.17) is 0 Å². The zero-order valence-corrected chi connectivity index (χ0v) is 14.6. The molecule has 0 saturated carbocycles. The van der Waals surface area contributed by atoms with Gasteiger partial charge < -0.3 is 9.80 Å².